The van der Waals surface area contributed by atoms with Gasteiger partial charge in [-0.3, -0.25) is 4.79 Å². The second-order valence-electron chi connectivity index (χ2n) is 5.31. The van der Waals surface area contributed by atoms with Crippen molar-refractivity contribution in [3.8, 4) is 0 Å². The van der Waals surface area contributed by atoms with Gasteiger partial charge in [-0.1, -0.05) is 35.9 Å². The fourth-order valence-corrected chi connectivity index (χ4v) is 3.70. The van der Waals surface area contributed by atoms with E-state index >= 15 is 0 Å². The molecule has 2 aromatic rings. The largest absolute Gasteiger partial charge is 0.417 e. The molecular formula is C16H14ClF3N2O3S. The molecule has 0 radical (unpaired) electrons. The summed E-state index contributed by atoms with van der Waals surface area (Å²) >= 11 is 5.89. The van der Waals surface area contributed by atoms with Crippen molar-refractivity contribution >= 4 is 33.2 Å². The van der Waals surface area contributed by atoms with Crippen LogP contribution in [0.3, 0.4) is 0 Å². The van der Waals surface area contributed by atoms with Crippen molar-refractivity contribution in [3.63, 3.8) is 0 Å². The van der Waals surface area contributed by atoms with Crippen LogP contribution in [0.5, 0.6) is 0 Å². The lowest BCUT2D eigenvalue weighted by Crippen LogP contribution is -2.42. The van der Waals surface area contributed by atoms with Gasteiger partial charge in [0.15, 0.2) is 0 Å². The highest BCUT2D eigenvalue weighted by Gasteiger charge is 2.37. The molecule has 1 atom stereocenters. The van der Waals surface area contributed by atoms with E-state index in [0.29, 0.717) is 6.07 Å². The molecule has 10 heteroatoms. The molecule has 140 valence electrons. The minimum absolute atomic E-state index is 0.235. The Balaban J connectivity index is 2.22. The highest BCUT2D eigenvalue weighted by molar-refractivity contribution is 7.89. The first-order valence-electron chi connectivity index (χ1n) is 7.26. The van der Waals surface area contributed by atoms with Crippen LogP contribution in [0.4, 0.5) is 18.9 Å². The van der Waals surface area contributed by atoms with Gasteiger partial charge in [0.1, 0.15) is 0 Å². The Morgan fingerprint density at radius 2 is 1.65 bits per heavy atom. The van der Waals surface area contributed by atoms with Gasteiger partial charge in [-0.15, -0.1) is 0 Å². The number of amides is 1. The summed E-state index contributed by atoms with van der Waals surface area (Å²) in [5.74, 6) is -0.772. The number of rotatable bonds is 5. The number of sulfonamides is 1. The molecular weight excluding hydrogens is 393 g/mol. The van der Waals surface area contributed by atoms with Gasteiger partial charge in [0.05, 0.1) is 27.2 Å². The highest BCUT2D eigenvalue weighted by Crippen LogP contribution is 2.34. The van der Waals surface area contributed by atoms with Crippen LogP contribution in [-0.4, -0.2) is 20.4 Å². The fraction of sp³-hybridized carbons (Fsp3) is 0.188. The molecule has 0 heterocycles. The van der Waals surface area contributed by atoms with Gasteiger partial charge in [-0.05, 0) is 31.2 Å². The van der Waals surface area contributed by atoms with E-state index in [1.165, 1.54) is 19.1 Å². The van der Waals surface area contributed by atoms with Crippen molar-refractivity contribution in [1.82, 2.24) is 4.72 Å². The molecule has 2 N–H and O–H groups in total. The van der Waals surface area contributed by atoms with Crippen molar-refractivity contribution < 1.29 is 26.4 Å². The van der Waals surface area contributed by atoms with Crippen molar-refractivity contribution in [2.24, 2.45) is 0 Å². The Bertz CT molecular complexity index is 917. The van der Waals surface area contributed by atoms with Gasteiger partial charge in [-0.2, -0.15) is 17.9 Å². The summed E-state index contributed by atoms with van der Waals surface area (Å²) in [4.78, 5) is 11.2. The molecule has 1 unspecified atom stereocenters. The molecule has 0 aliphatic carbocycles. The van der Waals surface area contributed by atoms with E-state index in [4.69, 9.17) is 11.6 Å². The topological polar surface area (TPSA) is 75.3 Å². The predicted octanol–water partition coefficient (Wildman–Crippen LogP) is 3.66. The Morgan fingerprint density at radius 1 is 1.08 bits per heavy atom. The average molecular weight is 407 g/mol. The maximum atomic E-state index is 13.0. The molecule has 0 bridgehead atoms. The van der Waals surface area contributed by atoms with Crippen LogP contribution < -0.4 is 10.0 Å². The number of alkyl halides is 3. The van der Waals surface area contributed by atoms with Crippen LogP contribution in [0.1, 0.15) is 12.5 Å². The summed E-state index contributed by atoms with van der Waals surface area (Å²) in [5.41, 5.74) is -1.06. The monoisotopic (exact) mass is 406 g/mol. The van der Waals surface area contributed by atoms with Crippen LogP contribution in [0.2, 0.25) is 5.02 Å². The minimum Gasteiger partial charge on any atom is -0.323 e. The average Bonchev–Trinajstić information content (AvgIpc) is 2.55. The van der Waals surface area contributed by atoms with Gasteiger partial charge in [0, 0.05) is 0 Å². The Kier molecular flexibility index (Phi) is 5.94. The van der Waals surface area contributed by atoms with E-state index in [2.05, 4.69) is 5.32 Å². The number of carbonyl (C=O) groups is 1. The zero-order valence-electron chi connectivity index (χ0n) is 13.3. The number of nitrogens with one attached hydrogen (secondary N) is 2. The first kappa shape index (κ1) is 20.2. The summed E-state index contributed by atoms with van der Waals surface area (Å²) in [6.45, 7) is 1.21. The maximum absolute atomic E-state index is 13.0. The second kappa shape index (κ2) is 7.65. The zero-order valence-corrected chi connectivity index (χ0v) is 14.9. The van der Waals surface area contributed by atoms with E-state index in [0.717, 1.165) is 18.2 Å². The van der Waals surface area contributed by atoms with Crippen LogP contribution in [-0.2, 0) is 21.0 Å². The third-order valence-corrected chi connectivity index (χ3v) is 5.27. The summed E-state index contributed by atoms with van der Waals surface area (Å²) in [6.07, 6.45) is -4.85. The van der Waals surface area contributed by atoms with Crippen molar-refractivity contribution in [2.45, 2.75) is 24.0 Å². The second-order valence-corrected chi connectivity index (χ2v) is 7.40. The maximum Gasteiger partial charge on any atom is 0.417 e. The third kappa shape index (κ3) is 4.75. The summed E-state index contributed by atoms with van der Waals surface area (Å²) in [6, 6.07) is 8.65. The van der Waals surface area contributed by atoms with Crippen molar-refractivity contribution in [1.29, 1.82) is 0 Å². The van der Waals surface area contributed by atoms with Gasteiger partial charge >= 0.3 is 6.18 Å². The molecule has 0 saturated carbocycles. The van der Waals surface area contributed by atoms with Crippen LogP contribution in [0, 0.1) is 0 Å². The number of hydrogen-bond acceptors (Lipinski definition) is 3. The van der Waals surface area contributed by atoms with Gasteiger partial charge in [0.2, 0.25) is 15.9 Å². The first-order chi connectivity index (χ1) is 12.0. The molecule has 0 spiro atoms. The molecule has 0 aliphatic rings. The Labute approximate surface area is 153 Å². The quantitative estimate of drug-likeness (QED) is 0.795. The van der Waals surface area contributed by atoms with E-state index < -0.39 is 38.6 Å². The number of para-hydroxylation sites is 1. The predicted molar refractivity (Wildman–Crippen MR) is 91.3 cm³/mol. The van der Waals surface area contributed by atoms with E-state index in [-0.39, 0.29) is 10.7 Å². The van der Waals surface area contributed by atoms with Gasteiger partial charge in [0.25, 0.3) is 0 Å². The molecule has 2 aromatic carbocycles. The molecule has 0 aliphatic heterocycles. The van der Waals surface area contributed by atoms with Gasteiger partial charge in [-0.25, -0.2) is 8.42 Å². The normalized spacial score (nSPS) is 13.3. The van der Waals surface area contributed by atoms with E-state index in [1.807, 2.05) is 4.72 Å². The number of carbonyl (C=O) groups excluding carboxylic acids is 1. The molecule has 0 fully saturated rings. The van der Waals surface area contributed by atoms with Gasteiger partial charge < -0.3 is 5.32 Å². The molecule has 2 rings (SSSR count). The lowest BCUT2D eigenvalue weighted by molar-refractivity contribution is -0.139. The lowest BCUT2D eigenvalue weighted by Gasteiger charge is -2.17. The third-order valence-electron chi connectivity index (χ3n) is 3.34. The van der Waals surface area contributed by atoms with Crippen LogP contribution in [0.25, 0.3) is 0 Å². The molecule has 5 nitrogen and oxygen atoms in total. The highest BCUT2D eigenvalue weighted by atomic mass is 35.5. The number of hydrogen-bond donors (Lipinski definition) is 2. The van der Waals surface area contributed by atoms with Crippen LogP contribution >= 0.6 is 11.6 Å². The van der Waals surface area contributed by atoms with E-state index in [1.54, 1.807) is 12.1 Å². The summed E-state index contributed by atoms with van der Waals surface area (Å²) in [5, 5.41) is 2.64. The van der Waals surface area contributed by atoms with E-state index in [9.17, 15) is 26.4 Å². The SMILES string of the molecule is CC(NS(=O)(=O)c1ccccc1C(F)(F)F)C(=O)Nc1ccccc1Cl. The molecule has 26 heavy (non-hydrogen) atoms. The first-order valence-corrected chi connectivity index (χ1v) is 9.12. The Hall–Kier alpha value is -2.10. The Morgan fingerprint density at radius 3 is 2.27 bits per heavy atom. The standard InChI is InChI=1S/C16H14ClF3N2O3S/c1-10(15(23)21-13-8-4-3-7-12(13)17)22-26(24,25)14-9-5-2-6-11(14)16(18,19)20/h2-10,22H,1H3,(H,21,23). The number of benzene rings is 2. The van der Waals surface area contributed by atoms with Crippen molar-refractivity contribution in [3.05, 3.63) is 59.1 Å². The van der Waals surface area contributed by atoms with Crippen molar-refractivity contribution in [2.75, 3.05) is 5.32 Å². The van der Waals surface area contributed by atoms with Crippen LogP contribution in [0.15, 0.2) is 53.4 Å². The minimum atomic E-state index is -4.85. The molecule has 0 aromatic heterocycles. The summed E-state index contributed by atoms with van der Waals surface area (Å²) in [7, 11) is -4.58. The number of anilines is 1. The fourth-order valence-electron chi connectivity index (χ4n) is 2.09. The smallest absolute Gasteiger partial charge is 0.323 e. The zero-order chi connectivity index (χ0) is 19.5. The molecule has 0 saturated heterocycles. The lowest BCUT2D eigenvalue weighted by atomic mass is 10.2. The molecule has 1 amide bonds. The number of halogens is 4. The summed E-state index contributed by atoms with van der Waals surface area (Å²) < 4.78 is 65.6.